The molecule has 2 aromatic heterocycles. The fourth-order valence-electron chi connectivity index (χ4n) is 2.90. The number of benzene rings is 2. The molecule has 4 aromatic rings. The van der Waals surface area contributed by atoms with Gasteiger partial charge in [-0.3, -0.25) is 4.79 Å². The van der Waals surface area contributed by atoms with Gasteiger partial charge in [-0.05, 0) is 55.0 Å². The van der Waals surface area contributed by atoms with Crippen LogP contribution in [-0.4, -0.2) is 35.4 Å². The fourth-order valence-corrected chi connectivity index (χ4v) is 3.80. The van der Waals surface area contributed by atoms with Crippen LogP contribution in [0.15, 0.2) is 47.3 Å². The Morgan fingerprint density at radius 2 is 1.86 bits per heavy atom. The molecule has 0 radical (unpaired) electrons. The summed E-state index contributed by atoms with van der Waals surface area (Å²) in [4.78, 5) is 17.8. The number of nitrogens with zero attached hydrogens (tertiary/aromatic N) is 3. The van der Waals surface area contributed by atoms with Crippen molar-refractivity contribution in [2.24, 2.45) is 0 Å². The van der Waals surface area contributed by atoms with Gasteiger partial charge in [-0.25, -0.2) is 0 Å². The maximum atomic E-state index is 12.8. The third-order valence-electron chi connectivity index (χ3n) is 4.32. The minimum Gasteiger partial charge on any atom is -0.497 e. The molecule has 0 atom stereocenters. The Morgan fingerprint density at radius 1 is 1.07 bits per heavy atom. The summed E-state index contributed by atoms with van der Waals surface area (Å²) in [6.07, 6.45) is 1.80. The van der Waals surface area contributed by atoms with Crippen molar-refractivity contribution in [3.05, 3.63) is 62.9 Å². The van der Waals surface area contributed by atoms with Crippen molar-refractivity contribution in [3.8, 4) is 28.6 Å². The van der Waals surface area contributed by atoms with E-state index in [-0.39, 0.29) is 5.56 Å². The number of methoxy groups -OCH3 is 2. The van der Waals surface area contributed by atoms with Gasteiger partial charge in [0, 0.05) is 5.56 Å². The van der Waals surface area contributed by atoms with Gasteiger partial charge in [0.15, 0.2) is 17.3 Å². The Kier molecular flexibility index (Phi) is 5.18. The number of ether oxygens (including phenoxy) is 3. The molecule has 0 saturated carbocycles. The van der Waals surface area contributed by atoms with Crippen molar-refractivity contribution < 1.29 is 14.2 Å². The highest BCUT2D eigenvalue weighted by atomic mass is 32.1. The SMILES string of the molecule is CCOc1ccc(/C=c2/sc3nc(-c4ccc(OC)cc4)nn3c2=O)cc1OC. The normalized spacial score (nSPS) is 11.8. The van der Waals surface area contributed by atoms with Crippen molar-refractivity contribution >= 4 is 22.4 Å². The van der Waals surface area contributed by atoms with E-state index in [0.29, 0.717) is 33.4 Å². The topological polar surface area (TPSA) is 75.0 Å². The Morgan fingerprint density at radius 3 is 2.52 bits per heavy atom. The molecule has 0 aliphatic rings. The first-order chi connectivity index (χ1) is 14.1. The van der Waals surface area contributed by atoms with Crippen LogP contribution in [0.1, 0.15) is 12.5 Å². The van der Waals surface area contributed by atoms with Crippen molar-refractivity contribution in [2.45, 2.75) is 6.92 Å². The maximum Gasteiger partial charge on any atom is 0.291 e. The molecule has 2 heterocycles. The average Bonchev–Trinajstić information content (AvgIpc) is 3.29. The predicted octanol–water partition coefficient (Wildman–Crippen LogP) is 2.78. The van der Waals surface area contributed by atoms with Gasteiger partial charge in [0.1, 0.15) is 5.75 Å². The molecule has 4 rings (SSSR count). The zero-order valence-corrected chi connectivity index (χ0v) is 17.0. The van der Waals surface area contributed by atoms with Gasteiger partial charge < -0.3 is 14.2 Å². The second kappa shape index (κ2) is 7.92. The summed E-state index contributed by atoms with van der Waals surface area (Å²) >= 11 is 1.29. The molecule has 148 valence electrons. The summed E-state index contributed by atoms with van der Waals surface area (Å²) in [5, 5.41) is 4.37. The van der Waals surface area contributed by atoms with Crippen LogP contribution in [-0.2, 0) is 0 Å². The Bertz CT molecular complexity index is 1260. The van der Waals surface area contributed by atoms with Gasteiger partial charge in [0.2, 0.25) is 4.96 Å². The summed E-state index contributed by atoms with van der Waals surface area (Å²) in [5.41, 5.74) is 1.45. The van der Waals surface area contributed by atoms with E-state index < -0.39 is 0 Å². The number of aromatic nitrogens is 3. The fraction of sp³-hybridized carbons (Fsp3) is 0.190. The number of rotatable bonds is 6. The smallest absolute Gasteiger partial charge is 0.291 e. The van der Waals surface area contributed by atoms with Gasteiger partial charge in [0.05, 0.1) is 25.4 Å². The zero-order valence-electron chi connectivity index (χ0n) is 16.2. The average molecular weight is 409 g/mol. The summed E-state index contributed by atoms with van der Waals surface area (Å²) in [5.74, 6) is 2.54. The number of fused-ring (bicyclic) bond motifs is 1. The summed E-state index contributed by atoms with van der Waals surface area (Å²) in [6, 6.07) is 12.9. The summed E-state index contributed by atoms with van der Waals surface area (Å²) < 4.78 is 18.0. The molecular formula is C21H19N3O4S. The molecular weight excluding hydrogens is 390 g/mol. The Labute approximate surface area is 170 Å². The maximum absolute atomic E-state index is 12.8. The summed E-state index contributed by atoms with van der Waals surface area (Å²) in [6.45, 7) is 2.46. The molecule has 2 aromatic carbocycles. The van der Waals surface area contributed by atoms with Gasteiger partial charge in [0.25, 0.3) is 5.56 Å². The van der Waals surface area contributed by atoms with E-state index in [4.69, 9.17) is 14.2 Å². The first-order valence-electron chi connectivity index (χ1n) is 8.99. The second-order valence-corrected chi connectivity index (χ2v) is 7.13. The van der Waals surface area contributed by atoms with E-state index in [9.17, 15) is 4.79 Å². The molecule has 0 saturated heterocycles. The third-order valence-corrected chi connectivity index (χ3v) is 5.27. The molecule has 0 unspecified atom stereocenters. The number of hydrogen-bond donors (Lipinski definition) is 0. The van der Waals surface area contributed by atoms with Gasteiger partial charge in [-0.1, -0.05) is 17.4 Å². The quantitative estimate of drug-likeness (QED) is 0.488. The van der Waals surface area contributed by atoms with Gasteiger partial charge in [-0.15, -0.1) is 5.10 Å². The second-order valence-electron chi connectivity index (χ2n) is 6.12. The van der Waals surface area contributed by atoms with Crippen LogP contribution in [0, 0.1) is 0 Å². The van der Waals surface area contributed by atoms with Gasteiger partial charge >= 0.3 is 0 Å². The highest BCUT2D eigenvalue weighted by molar-refractivity contribution is 7.15. The Balaban J connectivity index is 1.71. The molecule has 8 heteroatoms. The molecule has 0 spiro atoms. The van der Waals surface area contributed by atoms with E-state index in [1.54, 1.807) is 20.3 Å². The number of hydrogen-bond acceptors (Lipinski definition) is 7. The van der Waals surface area contributed by atoms with E-state index in [0.717, 1.165) is 16.9 Å². The highest BCUT2D eigenvalue weighted by Crippen LogP contribution is 2.28. The predicted molar refractivity (Wildman–Crippen MR) is 112 cm³/mol. The molecule has 7 nitrogen and oxygen atoms in total. The van der Waals surface area contributed by atoms with Crippen molar-refractivity contribution in [3.63, 3.8) is 0 Å². The molecule has 0 bridgehead atoms. The lowest BCUT2D eigenvalue weighted by Gasteiger charge is -2.09. The minimum atomic E-state index is -0.204. The van der Waals surface area contributed by atoms with E-state index in [2.05, 4.69) is 10.1 Å². The van der Waals surface area contributed by atoms with Crippen LogP contribution in [0.2, 0.25) is 0 Å². The zero-order chi connectivity index (χ0) is 20.4. The van der Waals surface area contributed by atoms with E-state index in [1.807, 2.05) is 49.4 Å². The first-order valence-corrected chi connectivity index (χ1v) is 9.81. The first kappa shape index (κ1) is 18.9. The van der Waals surface area contributed by atoms with Crippen LogP contribution >= 0.6 is 11.3 Å². The molecule has 0 amide bonds. The van der Waals surface area contributed by atoms with Crippen molar-refractivity contribution in [2.75, 3.05) is 20.8 Å². The van der Waals surface area contributed by atoms with Crippen LogP contribution in [0.5, 0.6) is 17.2 Å². The lowest BCUT2D eigenvalue weighted by Crippen LogP contribution is -2.23. The molecule has 0 aliphatic heterocycles. The third kappa shape index (κ3) is 3.66. The van der Waals surface area contributed by atoms with Crippen molar-refractivity contribution in [1.82, 2.24) is 14.6 Å². The highest BCUT2D eigenvalue weighted by Gasteiger charge is 2.12. The van der Waals surface area contributed by atoms with Crippen LogP contribution < -0.4 is 24.3 Å². The molecule has 0 N–H and O–H groups in total. The molecule has 0 fully saturated rings. The van der Waals surface area contributed by atoms with Gasteiger partial charge in [-0.2, -0.15) is 9.50 Å². The lowest BCUT2D eigenvalue weighted by molar-refractivity contribution is 0.311. The van der Waals surface area contributed by atoms with Crippen LogP contribution in [0.4, 0.5) is 0 Å². The van der Waals surface area contributed by atoms with E-state index >= 15 is 0 Å². The minimum absolute atomic E-state index is 0.204. The largest absolute Gasteiger partial charge is 0.497 e. The molecule has 29 heavy (non-hydrogen) atoms. The summed E-state index contributed by atoms with van der Waals surface area (Å²) in [7, 11) is 3.20. The number of thiazole rings is 1. The van der Waals surface area contributed by atoms with Crippen LogP contribution in [0.25, 0.3) is 22.4 Å². The van der Waals surface area contributed by atoms with Crippen molar-refractivity contribution in [1.29, 1.82) is 0 Å². The van der Waals surface area contributed by atoms with E-state index in [1.165, 1.54) is 15.9 Å². The standard InChI is InChI=1S/C21H19N3O4S/c1-4-28-16-10-5-13(11-17(16)27-3)12-18-20(25)24-21(29-18)22-19(23-24)14-6-8-15(26-2)9-7-14/h5-12H,4H2,1-3H3/b18-12+. The lowest BCUT2D eigenvalue weighted by atomic mass is 10.2. The monoisotopic (exact) mass is 409 g/mol. The molecule has 0 aliphatic carbocycles. The Hall–Kier alpha value is -3.39. The van der Waals surface area contributed by atoms with Crippen LogP contribution in [0.3, 0.4) is 0 Å².